The smallest absolute Gasteiger partial charge is 0.232 e. The molecule has 1 atom stereocenters. The van der Waals surface area contributed by atoms with Crippen molar-refractivity contribution in [2.45, 2.75) is 53.4 Å². The highest BCUT2D eigenvalue weighted by molar-refractivity contribution is 5.68. The van der Waals surface area contributed by atoms with Crippen molar-refractivity contribution >= 4 is 5.88 Å². The fourth-order valence-corrected chi connectivity index (χ4v) is 3.97. The number of hydrogen-bond donors (Lipinski definition) is 1. The maximum atomic E-state index is 10.8. The quantitative estimate of drug-likeness (QED) is 0.328. The normalized spacial score (nSPS) is 12.6. The molecule has 1 N–H and O–H groups in total. The van der Waals surface area contributed by atoms with Crippen LogP contribution >= 0.6 is 0 Å². The van der Waals surface area contributed by atoms with Gasteiger partial charge in [-0.25, -0.2) is 0 Å². The van der Waals surface area contributed by atoms with Crippen LogP contribution in [0.25, 0.3) is 11.3 Å². The number of aliphatic hydroxyl groups excluding tert-OH is 1. The lowest BCUT2D eigenvalue weighted by atomic mass is 10.1. The first kappa shape index (κ1) is 26.0. The van der Waals surface area contributed by atoms with Gasteiger partial charge >= 0.3 is 0 Å². The Morgan fingerprint density at radius 3 is 2.47 bits per heavy atom. The van der Waals surface area contributed by atoms with Gasteiger partial charge in [0.05, 0.1) is 24.5 Å². The van der Waals surface area contributed by atoms with Gasteiger partial charge in [0, 0.05) is 31.7 Å². The number of benzene rings is 1. The standard InChI is InChI=1S/C27H39N3O4/c1-5-30(6-2)27-25(26(28-34-27)22-11-8-7-9-12-22)18-29(15-14-21(3)4)17-23(31)19-32-20-24-13-10-16-33-24/h7-13,16,21,23,31H,5-6,14-15,17-20H2,1-4H3/t23-/m0/s1. The van der Waals surface area contributed by atoms with E-state index in [0.29, 0.717) is 25.6 Å². The van der Waals surface area contributed by atoms with Crippen LogP contribution in [0.1, 0.15) is 45.4 Å². The fraction of sp³-hybridized carbons (Fsp3) is 0.519. The largest absolute Gasteiger partial charge is 0.467 e. The summed E-state index contributed by atoms with van der Waals surface area (Å²) < 4.78 is 16.9. The Morgan fingerprint density at radius 1 is 1.06 bits per heavy atom. The Bertz CT molecular complexity index is 936. The van der Waals surface area contributed by atoms with Crippen LogP contribution in [0.2, 0.25) is 0 Å². The van der Waals surface area contributed by atoms with Crippen molar-refractivity contribution < 1.29 is 18.8 Å². The van der Waals surface area contributed by atoms with E-state index in [4.69, 9.17) is 13.7 Å². The van der Waals surface area contributed by atoms with Gasteiger partial charge in [0.2, 0.25) is 5.88 Å². The minimum atomic E-state index is -0.612. The SMILES string of the molecule is CCN(CC)c1onc(-c2ccccc2)c1CN(CCC(C)C)C[C@H](O)COCc1ccco1. The molecule has 7 nitrogen and oxygen atoms in total. The van der Waals surface area contributed by atoms with E-state index in [1.807, 2.05) is 30.3 Å². The first-order valence-corrected chi connectivity index (χ1v) is 12.3. The van der Waals surface area contributed by atoms with Gasteiger partial charge in [0.25, 0.3) is 0 Å². The van der Waals surface area contributed by atoms with E-state index in [1.54, 1.807) is 6.26 Å². The predicted molar refractivity (Wildman–Crippen MR) is 135 cm³/mol. The Hall–Kier alpha value is -2.61. The summed E-state index contributed by atoms with van der Waals surface area (Å²) in [6.07, 6.45) is 2.05. The Morgan fingerprint density at radius 2 is 1.82 bits per heavy atom. The van der Waals surface area contributed by atoms with Gasteiger partial charge in [0.1, 0.15) is 18.1 Å². The molecule has 0 amide bonds. The molecule has 0 fully saturated rings. The van der Waals surface area contributed by atoms with Gasteiger partial charge in [-0.2, -0.15) is 0 Å². The summed E-state index contributed by atoms with van der Waals surface area (Å²) in [4.78, 5) is 4.48. The molecule has 2 heterocycles. The first-order chi connectivity index (χ1) is 16.5. The summed E-state index contributed by atoms with van der Waals surface area (Å²) >= 11 is 0. The molecular weight excluding hydrogens is 430 g/mol. The molecule has 0 bridgehead atoms. The molecule has 0 aliphatic carbocycles. The van der Waals surface area contributed by atoms with Crippen molar-refractivity contribution in [3.8, 4) is 11.3 Å². The monoisotopic (exact) mass is 469 g/mol. The van der Waals surface area contributed by atoms with E-state index in [-0.39, 0.29) is 6.61 Å². The van der Waals surface area contributed by atoms with Gasteiger partial charge in [-0.15, -0.1) is 0 Å². The molecule has 186 valence electrons. The number of aromatic nitrogens is 1. The molecular formula is C27H39N3O4. The molecule has 0 radical (unpaired) electrons. The lowest BCUT2D eigenvalue weighted by Crippen LogP contribution is -2.36. The molecule has 2 aromatic heterocycles. The van der Waals surface area contributed by atoms with Crippen molar-refractivity contribution in [1.82, 2.24) is 10.1 Å². The van der Waals surface area contributed by atoms with Crippen molar-refractivity contribution in [2.24, 2.45) is 5.92 Å². The maximum absolute atomic E-state index is 10.8. The topological polar surface area (TPSA) is 75.1 Å². The second-order valence-corrected chi connectivity index (χ2v) is 9.02. The molecule has 3 rings (SSSR count). The van der Waals surface area contributed by atoms with Gasteiger partial charge in [-0.05, 0) is 44.9 Å². The van der Waals surface area contributed by atoms with Gasteiger partial charge < -0.3 is 23.7 Å². The summed E-state index contributed by atoms with van der Waals surface area (Å²) in [5.41, 5.74) is 2.95. The number of rotatable bonds is 15. The third-order valence-corrected chi connectivity index (χ3v) is 5.87. The van der Waals surface area contributed by atoms with Crippen LogP contribution in [0.15, 0.2) is 57.7 Å². The van der Waals surface area contributed by atoms with E-state index in [9.17, 15) is 5.11 Å². The highest BCUT2D eigenvalue weighted by Crippen LogP contribution is 2.32. The van der Waals surface area contributed by atoms with Crippen molar-refractivity contribution in [3.63, 3.8) is 0 Å². The molecule has 7 heteroatoms. The number of hydrogen-bond acceptors (Lipinski definition) is 7. The van der Waals surface area contributed by atoms with E-state index < -0.39 is 6.10 Å². The van der Waals surface area contributed by atoms with Gasteiger partial charge in [0.15, 0.2) is 0 Å². The van der Waals surface area contributed by atoms with Crippen LogP contribution in [0, 0.1) is 5.92 Å². The predicted octanol–water partition coefficient (Wildman–Crippen LogP) is 5.21. The maximum Gasteiger partial charge on any atom is 0.232 e. The van der Waals surface area contributed by atoms with Crippen LogP contribution in [0.4, 0.5) is 5.88 Å². The van der Waals surface area contributed by atoms with E-state index in [1.165, 1.54) is 0 Å². The zero-order valence-electron chi connectivity index (χ0n) is 20.9. The molecule has 0 spiro atoms. The fourth-order valence-electron chi connectivity index (χ4n) is 3.97. The molecule has 0 unspecified atom stereocenters. The van der Waals surface area contributed by atoms with Gasteiger partial charge in [-0.3, -0.25) is 4.90 Å². The average molecular weight is 470 g/mol. The second-order valence-electron chi connectivity index (χ2n) is 9.02. The van der Waals surface area contributed by atoms with E-state index in [2.05, 4.69) is 54.8 Å². The molecule has 0 saturated heterocycles. The second kappa shape index (κ2) is 13.3. The third-order valence-electron chi connectivity index (χ3n) is 5.87. The lowest BCUT2D eigenvalue weighted by Gasteiger charge is -2.27. The number of aliphatic hydroxyl groups is 1. The van der Waals surface area contributed by atoms with Gasteiger partial charge in [-0.1, -0.05) is 49.3 Å². The Labute approximate surface area is 203 Å². The Balaban J connectivity index is 1.77. The summed E-state index contributed by atoms with van der Waals surface area (Å²) in [5, 5.41) is 15.2. The molecule has 34 heavy (non-hydrogen) atoms. The summed E-state index contributed by atoms with van der Waals surface area (Å²) in [7, 11) is 0. The highest BCUT2D eigenvalue weighted by atomic mass is 16.5. The first-order valence-electron chi connectivity index (χ1n) is 12.3. The van der Waals surface area contributed by atoms with E-state index in [0.717, 1.165) is 54.5 Å². The summed E-state index contributed by atoms with van der Waals surface area (Å²) in [6.45, 7) is 13.0. The van der Waals surface area contributed by atoms with Crippen molar-refractivity contribution in [1.29, 1.82) is 0 Å². The van der Waals surface area contributed by atoms with Crippen LogP contribution in [0.5, 0.6) is 0 Å². The van der Waals surface area contributed by atoms with Crippen LogP contribution in [0.3, 0.4) is 0 Å². The van der Waals surface area contributed by atoms with Crippen LogP contribution in [-0.2, 0) is 17.9 Å². The van der Waals surface area contributed by atoms with Crippen LogP contribution < -0.4 is 4.90 Å². The summed E-state index contributed by atoms with van der Waals surface area (Å²) in [6, 6.07) is 13.9. The number of anilines is 1. The van der Waals surface area contributed by atoms with Crippen molar-refractivity contribution in [3.05, 3.63) is 60.1 Å². The van der Waals surface area contributed by atoms with Crippen molar-refractivity contribution in [2.75, 3.05) is 37.7 Å². The molecule has 0 saturated carbocycles. The Kier molecular flexibility index (Phi) is 10.2. The average Bonchev–Trinajstić information content (AvgIpc) is 3.49. The number of nitrogens with zero attached hydrogens (tertiary/aromatic N) is 3. The number of ether oxygens (including phenoxy) is 1. The number of furan rings is 1. The van der Waals surface area contributed by atoms with E-state index >= 15 is 0 Å². The van der Waals surface area contributed by atoms with Crippen LogP contribution in [-0.4, -0.2) is 54.1 Å². The molecule has 0 aliphatic rings. The highest BCUT2D eigenvalue weighted by Gasteiger charge is 2.24. The minimum Gasteiger partial charge on any atom is -0.467 e. The molecule has 3 aromatic rings. The zero-order valence-corrected chi connectivity index (χ0v) is 20.9. The molecule has 1 aromatic carbocycles. The summed E-state index contributed by atoms with van der Waals surface area (Å²) in [5.74, 6) is 2.12. The lowest BCUT2D eigenvalue weighted by molar-refractivity contribution is 0.00327. The zero-order chi connectivity index (χ0) is 24.3. The third kappa shape index (κ3) is 7.45. The minimum absolute atomic E-state index is 0.247. The molecule has 0 aliphatic heterocycles.